The molecule has 0 aromatic carbocycles. The fourth-order valence-electron chi connectivity index (χ4n) is 1.52. The molecule has 2 rings (SSSR count). The molecule has 2 aromatic heterocycles. The predicted molar refractivity (Wildman–Crippen MR) is 51.3 cm³/mol. The number of rotatable bonds is 2. The summed E-state index contributed by atoms with van der Waals surface area (Å²) in [6.07, 6.45) is 3.44. The molecule has 14 heavy (non-hydrogen) atoms. The van der Waals surface area contributed by atoms with Gasteiger partial charge in [0.15, 0.2) is 0 Å². The molecule has 0 spiro atoms. The number of aliphatic hydroxyl groups excluding tert-OH is 1. The van der Waals surface area contributed by atoms with E-state index in [1.807, 2.05) is 12.1 Å². The molecule has 0 saturated carbocycles. The summed E-state index contributed by atoms with van der Waals surface area (Å²) in [6, 6.07) is 5.76. The number of pyridine rings is 1. The summed E-state index contributed by atoms with van der Waals surface area (Å²) in [5.74, 6) is 0. The van der Waals surface area contributed by atoms with Crippen molar-refractivity contribution in [2.45, 2.75) is 13.2 Å². The Morgan fingerprint density at radius 1 is 1.57 bits per heavy atom. The van der Waals surface area contributed by atoms with E-state index in [0.717, 1.165) is 16.6 Å². The highest BCUT2D eigenvalue weighted by Gasteiger charge is 2.07. The molecule has 0 amide bonds. The number of nitriles is 1. The van der Waals surface area contributed by atoms with Gasteiger partial charge in [0, 0.05) is 23.3 Å². The van der Waals surface area contributed by atoms with Gasteiger partial charge in [0.05, 0.1) is 12.7 Å². The smallest absolute Gasteiger partial charge is 0.141 e. The van der Waals surface area contributed by atoms with E-state index in [0.29, 0.717) is 0 Å². The van der Waals surface area contributed by atoms with E-state index >= 15 is 0 Å². The van der Waals surface area contributed by atoms with Gasteiger partial charge in [-0.15, -0.1) is 0 Å². The molecule has 4 heteroatoms. The Morgan fingerprint density at radius 3 is 3.14 bits per heavy atom. The van der Waals surface area contributed by atoms with E-state index in [-0.39, 0.29) is 13.2 Å². The Balaban J connectivity index is 2.68. The van der Waals surface area contributed by atoms with Gasteiger partial charge in [0.1, 0.15) is 12.2 Å². The molecule has 0 aliphatic heterocycles. The monoisotopic (exact) mass is 187 g/mol. The number of aliphatic hydroxyl groups is 1. The summed E-state index contributed by atoms with van der Waals surface area (Å²) in [5, 5.41) is 18.6. The van der Waals surface area contributed by atoms with Crippen molar-refractivity contribution in [1.29, 1.82) is 5.26 Å². The van der Waals surface area contributed by atoms with E-state index in [1.165, 1.54) is 0 Å². The summed E-state index contributed by atoms with van der Waals surface area (Å²) in [6.45, 7) is 0.230. The van der Waals surface area contributed by atoms with Crippen molar-refractivity contribution in [1.82, 2.24) is 9.55 Å². The quantitative estimate of drug-likeness (QED) is 0.764. The Labute approximate surface area is 81.0 Å². The van der Waals surface area contributed by atoms with E-state index < -0.39 is 0 Å². The second-order valence-corrected chi connectivity index (χ2v) is 2.97. The lowest BCUT2D eigenvalue weighted by Crippen LogP contribution is -1.93. The van der Waals surface area contributed by atoms with Gasteiger partial charge < -0.3 is 9.67 Å². The first kappa shape index (κ1) is 8.73. The molecule has 2 aromatic rings. The lowest BCUT2D eigenvalue weighted by molar-refractivity contribution is 0.283. The second kappa shape index (κ2) is 3.48. The molecule has 0 saturated heterocycles. The fourth-order valence-corrected chi connectivity index (χ4v) is 1.52. The summed E-state index contributed by atoms with van der Waals surface area (Å²) in [5.41, 5.74) is 1.56. The van der Waals surface area contributed by atoms with Gasteiger partial charge in [-0.25, -0.2) is 4.98 Å². The minimum Gasteiger partial charge on any atom is -0.392 e. The maximum absolute atomic E-state index is 9.09. The van der Waals surface area contributed by atoms with Crippen LogP contribution in [0.2, 0.25) is 0 Å². The first-order valence-electron chi connectivity index (χ1n) is 4.27. The molecule has 2 heterocycles. The third kappa shape index (κ3) is 1.24. The molecule has 0 bridgehead atoms. The molecular weight excluding hydrogens is 178 g/mol. The third-order valence-corrected chi connectivity index (χ3v) is 2.13. The van der Waals surface area contributed by atoms with Gasteiger partial charge in [-0.2, -0.15) is 5.26 Å². The highest BCUT2D eigenvalue weighted by atomic mass is 16.3. The van der Waals surface area contributed by atoms with E-state index in [2.05, 4.69) is 11.1 Å². The minimum atomic E-state index is -0.0272. The number of fused-ring (bicyclic) bond motifs is 1. The Kier molecular flexibility index (Phi) is 2.17. The first-order chi connectivity index (χ1) is 6.86. The average molecular weight is 187 g/mol. The average Bonchev–Trinajstić information content (AvgIpc) is 2.58. The highest BCUT2D eigenvalue weighted by molar-refractivity contribution is 5.80. The van der Waals surface area contributed by atoms with Gasteiger partial charge in [-0.3, -0.25) is 0 Å². The van der Waals surface area contributed by atoms with Crippen molar-refractivity contribution in [2.75, 3.05) is 0 Å². The minimum absolute atomic E-state index is 0.0272. The van der Waals surface area contributed by atoms with Crippen LogP contribution < -0.4 is 0 Å². The third-order valence-electron chi connectivity index (χ3n) is 2.13. The Morgan fingerprint density at radius 2 is 2.43 bits per heavy atom. The van der Waals surface area contributed by atoms with Crippen LogP contribution >= 0.6 is 0 Å². The van der Waals surface area contributed by atoms with Crippen molar-refractivity contribution in [3.05, 3.63) is 30.1 Å². The highest BCUT2D eigenvalue weighted by Crippen LogP contribution is 2.18. The maximum atomic E-state index is 9.09. The molecule has 0 unspecified atom stereocenters. The molecule has 70 valence electrons. The molecule has 0 aliphatic rings. The van der Waals surface area contributed by atoms with Crippen molar-refractivity contribution >= 4 is 11.0 Å². The van der Waals surface area contributed by atoms with Crippen LogP contribution in [0.3, 0.4) is 0 Å². The zero-order valence-electron chi connectivity index (χ0n) is 7.51. The second-order valence-electron chi connectivity index (χ2n) is 2.97. The van der Waals surface area contributed by atoms with Crippen LogP contribution in [-0.4, -0.2) is 14.7 Å². The van der Waals surface area contributed by atoms with Crippen LogP contribution in [0.25, 0.3) is 11.0 Å². The lowest BCUT2D eigenvalue weighted by atomic mass is 10.2. The number of hydrogen-bond acceptors (Lipinski definition) is 3. The summed E-state index contributed by atoms with van der Waals surface area (Å²) < 4.78 is 1.74. The Bertz CT molecular complexity index is 496. The van der Waals surface area contributed by atoms with Gasteiger partial charge in [0.25, 0.3) is 0 Å². The largest absolute Gasteiger partial charge is 0.392 e. The molecule has 0 atom stereocenters. The lowest BCUT2D eigenvalue weighted by Gasteiger charge is -1.95. The van der Waals surface area contributed by atoms with Gasteiger partial charge in [-0.05, 0) is 12.1 Å². The SMILES string of the molecule is N#CCn1cc(CO)c2cccnc21. The summed E-state index contributed by atoms with van der Waals surface area (Å²) in [7, 11) is 0. The van der Waals surface area contributed by atoms with Crippen molar-refractivity contribution in [3.63, 3.8) is 0 Å². The Hall–Kier alpha value is -1.86. The van der Waals surface area contributed by atoms with Gasteiger partial charge in [-0.1, -0.05) is 0 Å². The number of aromatic nitrogens is 2. The fraction of sp³-hybridized carbons (Fsp3) is 0.200. The van der Waals surface area contributed by atoms with Crippen LogP contribution in [0, 0.1) is 11.3 Å². The number of hydrogen-bond donors (Lipinski definition) is 1. The number of nitrogens with zero attached hydrogens (tertiary/aromatic N) is 3. The van der Waals surface area contributed by atoms with E-state index in [1.54, 1.807) is 17.0 Å². The van der Waals surface area contributed by atoms with Crippen molar-refractivity contribution in [3.8, 4) is 6.07 Å². The van der Waals surface area contributed by atoms with Crippen LogP contribution in [0.4, 0.5) is 0 Å². The maximum Gasteiger partial charge on any atom is 0.141 e. The van der Waals surface area contributed by atoms with Gasteiger partial charge >= 0.3 is 0 Å². The summed E-state index contributed by atoms with van der Waals surface area (Å²) in [4.78, 5) is 4.17. The standard InChI is InChI=1S/C10H9N3O/c11-3-5-13-6-8(7-14)9-2-1-4-12-10(9)13/h1-2,4,6,14H,5,7H2. The van der Waals surface area contributed by atoms with E-state index in [9.17, 15) is 0 Å². The predicted octanol–water partition coefficient (Wildman–Crippen LogP) is 1.05. The van der Waals surface area contributed by atoms with Crippen LogP contribution in [0.15, 0.2) is 24.5 Å². The van der Waals surface area contributed by atoms with Crippen LogP contribution in [0.1, 0.15) is 5.56 Å². The normalized spacial score (nSPS) is 10.3. The molecule has 0 radical (unpaired) electrons. The molecule has 4 nitrogen and oxygen atoms in total. The van der Waals surface area contributed by atoms with E-state index in [4.69, 9.17) is 10.4 Å². The van der Waals surface area contributed by atoms with Crippen LogP contribution in [-0.2, 0) is 13.2 Å². The summed E-state index contributed by atoms with van der Waals surface area (Å²) >= 11 is 0. The topological polar surface area (TPSA) is 61.8 Å². The molecule has 1 N–H and O–H groups in total. The van der Waals surface area contributed by atoms with Crippen molar-refractivity contribution in [2.24, 2.45) is 0 Å². The molecule has 0 aliphatic carbocycles. The first-order valence-corrected chi connectivity index (χ1v) is 4.27. The van der Waals surface area contributed by atoms with Gasteiger partial charge in [0.2, 0.25) is 0 Å². The van der Waals surface area contributed by atoms with Crippen molar-refractivity contribution < 1.29 is 5.11 Å². The zero-order chi connectivity index (χ0) is 9.97. The zero-order valence-corrected chi connectivity index (χ0v) is 7.51. The molecule has 0 fully saturated rings. The van der Waals surface area contributed by atoms with Crippen LogP contribution in [0.5, 0.6) is 0 Å². The molecular formula is C10H9N3O.